The number of hydrogen-bond donors (Lipinski definition) is 0. The third-order valence-corrected chi connectivity index (χ3v) is 4.47. The first-order valence-electron chi connectivity index (χ1n) is 7.39. The molecule has 0 N–H and O–H groups in total. The van der Waals surface area contributed by atoms with Gasteiger partial charge in [-0.25, -0.2) is 0 Å². The number of hydrogen-bond acceptors (Lipinski definition) is 4. The molecule has 2 aliphatic rings. The topological polar surface area (TPSA) is 51.5 Å². The lowest BCUT2D eigenvalue weighted by atomic mass is 9.78. The summed E-state index contributed by atoms with van der Waals surface area (Å²) in [6.07, 6.45) is 2.40. The molecule has 1 saturated heterocycles. The molecule has 1 aliphatic carbocycles. The highest BCUT2D eigenvalue weighted by Crippen LogP contribution is 2.37. The average molecular weight is 285 g/mol. The molecule has 3 rings (SSSR count). The molecule has 1 aromatic carbocycles. The molecule has 0 aromatic heterocycles. The van der Waals surface area contributed by atoms with Crippen LogP contribution in [0.15, 0.2) is 18.2 Å². The van der Waals surface area contributed by atoms with Crippen molar-refractivity contribution in [3.05, 3.63) is 23.8 Å². The van der Waals surface area contributed by atoms with E-state index in [0.29, 0.717) is 11.3 Å². The zero-order valence-electron chi connectivity index (χ0n) is 13.0. The van der Waals surface area contributed by atoms with Crippen molar-refractivity contribution in [2.24, 2.45) is 0 Å². The molecule has 1 aliphatic heterocycles. The van der Waals surface area contributed by atoms with Crippen LogP contribution in [0.1, 0.15) is 46.1 Å². The fourth-order valence-corrected chi connectivity index (χ4v) is 2.24. The van der Waals surface area contributed by atoms with Crippen LogP contribution in [0.5, 0.6) is 5.75 Å². The van der Waals surface area contributed by atoms with Crippen molar-refractivity contribution < 1.29 is 14.0 Å². The van der Waals surface area contributed by atoms with E-state index in [-0.39, 0.29) is 17.3 Å². The monoisotopic (exact) mass is 285 g/mol. The van der Waals surface area contributed by atoms with Crippen molar-refractivity contribution in [2.75, 3.05) is 0 Å². The van der Waals surface area contributed by atoms with Gasteiger partial charge in [-0.05, 0) is 52.7 Å². The van der Waals surface area contributed by atoms with E-state index in [1.165, 1.54) is 0 Å². The Balaban J connectivity index is 1.93. The Morgan fingerprint density at radius 3 is 2.33 bits per heavy atom. The number of nitrogens with zero attached hydrogens (tertiary/aromatic N) is 1. The molecular weight excluding hydrogens is 265 g/mol. The Morgan fingerprint density at radius 2 is 1.81 bits per heavy atom. The Morgan fingerprint density at radius 1 is 1.19 bits per heavy atom. The van der Waals surface area contributed by atoms with Gasteiger partial charge in [0.15, 0.2) is 0 Å². The molecule has 110 valence electrons. The van der Waals surface area contributed by atoms with Crippen LogP contribution in [0.25, 0.3) is 0 Å². The van der Waals surface area contributed by atoms with Gasteiger partial charge >= 0.3 is 7.12 Å². The molecule has 0 radical (unpaired) electrons. The standard InChI is InChI=1S/C16H20BNO3/c1-15(2)16(3,4)21-17(20-15)13-8-5-11(10-18)9-14(13)19-12-6-7-12/h5,8-9,12H,6-7H2,1-4H3. The second-order valence-corrected chi connectivity index (χ2v) is 6.77. The van der Waals surface area contributed by atoms with Gasteiger partial charge < -0.3 is 14.0 Å². The maximum Gasteiger partial charge on any atom is 0.498 e. The molecule has 1 saturated carbocycles. The second-order valence-electron chi connectivity index (χ2n) is 6.77. The minimum absolute atomic E-state index is 0.264. The Labute approximate surface area is 126 Å². The molecule has 4 nitrogen and oxygen atoms in total. The van der Waals surface area contributed by atoms with Gasteiger partial charge in [-0.2, -0.15) is 5.26 Å². The summed E-state index contributed by atoms with van der Waals surface area (Å²) in [7, 11) is -0.462. The van der Waals surface area contributed by atoms with Crippen LogP contribution >= 0.6 is 0 Å². The van der Waals surface area contributed by atoms with E-state index in [4.69, 9.17) is 19.3 Å². The van der Waals surface area contributed by atoms with Crippen LogP contribution in [0.4, 0.5) is 0 Å². The number of nitriles is 1. The Hall–Kier alpha value is -1.51. The van der Waals surface area contributed by atoms with Gasteiger partial charge in [0.1, 0.15) is 5.75 Å². The van der Waals surface area contributed by atoms with E-state index >= 15 is 0 Å². The summed E-state index contributed by atoms with van der Waals surface area (Å²) in [5.41, 5.74) is 0.677. The van der Waals surface area contributed by atoms with Crippen molar-refractivity contribution in [1.82, 2.24) is 0 Å². The lowest BCUT2D eigenvalue weighted by Gasteiger charge is -2.32. The fraction of sp³-hybridized carbons (Fsp3) is 0.562. The summed E-state index contributed by atoms with van der Waals surface area (Å²) in [5, 5.41) is 9.07. The van der Waals surface area contributed by atoms with Gasteiger partial charge in [0.2, 0.25) is 0 Å². The summed E-state index contributed by atoms with van der Waals surface area (Å²) >= 11 is 0. The maximum atomic E-state index is 9.07. The van der Waals surface area contributed by atoms with E-state index in [9.17, 15) is 0 Å². The van der Waals surface area contributed by atoms with E-state index in [2.05, 4.69) is 6.07 Å². The lowest BCUT2D eigenvalue weighted by Crippen LogP contribution is -2.41. The van der Waals surface area contributed by atoms with E-state index in [0.717, 1.165) is 18.3 Å². The largest absolute Gasteiger partial charge is 0.498 e. The highest BCUT2D eigenvalue weighted by Gasteiger charge is 2.52. The van der Waals surface area contributed by atoms with Crippen LogP contribution in [0.3, 0.4) is 0 Å². The zero-order valence-corrected chi connectivity index (χ0v) is 13.0. The van der Waals surface area contributed by atoms with Crippen LogP contribution in [-0.4, -0.2) is 24.4 Å². The summed E-state index contributed by atoms with van der Waals surface area (Å²) in [4.78, 5) is 0. The summed E-state index contributed by atoms with van der Waals surface area (Å²) in [6, 6.07) is 7.58. The van der Waals surface area contributed by atoms with Crippen LogP contribution in [0, 0.1) is 11.3 Å². The number of benzene rings is 1. The lowest BCUT2D eigenvalue weighted by molar-refractivity contribution is 0.00578. The van der Waals surface area contributed by atoms with Crippen LogP contribution in [-0.2, 0) is 9.31 Å². The molecule has 5 heteroatoms. The molecule has 0 amide bonds. The second kappa shape index (κ2) is 4.76. The van der Waals surface area contributed by atoms with E-state index in [1.54, 1.807) is 12.1 Å². The first kappa shape index (κ1) is 14.4. The molecule has 1 aromatic rings. The predicted octanol–water partition coefficient (Wildman–Crippen LogP) is 2.40. The summed E-state index contributed by atoms with van der Waals surface area (Å²) in [6.45, 7) is 8.10. The molecule has 0 unspecified atom stereocenters. The van der Waals surface area contributed by atoms with Gasteiger partial charge in [0.05, 0.1) is 28.9 Å². The van der Waals surface area contributed by atoms with E-state index < -0.39 is 7.12 Å². The maximum absolute atomic E-state index is 9.07. The number of rotatable bonds is 3. The van der Waals surface area contributed by atoms with E-state index in [1.807, 2.05) is 33.8 Å². The third kappa shape index (κ3) is 2.66. The normalized spacial score (nSPS) is 22.9. The fourth-order valence-electron chi connectivity index (χ4n) is 2.24. The number of ether oxygens (including phenoxy) is 1. The smallest absolute Gasteiger partial charge is 0.491 e. The van der Waals surface area contributed by atoms with Crippen molar-refractivity contribution in [3.63, 3.8) is 0 Å². The third-order valence-electron chi connectivity index (χ3n) is 4.47. The van der Waals surface area contributed by atoms with Crippen molar-refractivity contribution in [3.8, 4) is 11.8 Å². The highest BCUT2D eigenvalue weighted by molar-refractivity contribution is 6.63. The molecular formula is C16H20BNO3. The van der Waals surface area contributed by atoms with Crippen LogP contribution in [0.2, 0.25) is 0 Å². The molecule has 21 heavy (non-hydrogen) atoms. The van der Waals surface area contributed by atoms with Crippen molar-refractivity contribution >= 4 is 12.6 Å². The SMILES string of the molecule is CC1(C)OB(c2ccc(C#N)cc2OC2CC2)OC1(C)C. The van der Waals surface area contributed by atoms with Gasteiger partial charge in [-0.15, -0.1) is 0 Å². The van der Waals surface area contributed by atoms with Gasteiger partial charge in [-0.1, -0.05) is 6.07 Å². The Bertz CT molecular complexity index is 586. The summed E-state index contributed by atoms with van der Waals surface area (Å²) < 4.78 is 18.1. The van der Waals surface area contributed by atoms with Crippen LogP contribution < -0.4 is 10.2 Å². The van der Waals surface area contributed by atoms with Crippen molar-refractivity contribution in [1.29, 1.82) is 5.26 Å². The van der Waals surface area contributed by atoms with Gasteiger partial charge in [0.25, 0.3) is 0 Å². The molecule has 1 heterocycles. The highest BCUT2D eigenvalue weighted by atomic mass is 16.7. The Kier molecular flexibility index (Phi) is 3.27. The first-order chi connectivity index (χ1) is 9.82. The quantitative estimate of drug-likeness (QED) is 0.800. The molecule has 0 spiro atoms. The molecule has 0 atom stereocenters. The van der Waals surface area contributed by atoms with Crippen molar-refractivity contribution in [2.45, 2.75) is 57.8 Å². The van der Waals surface area contributed by atoms with Gasteiger partial charge in [0, 0.05) is 5.46 Å². The molecule has 2 fully saturated rings. The molecule has 0 bridgehead atoms. The first-order valence-corrected chi connectivity index (χ1v) is 7.39. The minimum Gasteiger partial charge on any atom is -0.491 e. The average Bonchev–Trinajstić information content (AvgIpc) is 3.17. The predicted molar refractivity (Wildman–Crippen MR) is 80.5 cm³/mol. The summed E-state index contributed by atoms with van der Waals surface area (Å²) in [5.74, 6) is 0.704. The zero-order chi connectivity index (χ0) is 15.3. The minimum atomic E-state index is -0.462. The van der Waals surface area contributed by atoms with Gasteiger partial charge in [-0.3, -0.25) is 0 Å².